The molecule has 0 aliphatic rings. The van der Waals surface area contributed by atoms with Crippen LogP contribution in [0.1, 0.15) is 11.3 Å². The highest BCUT2D eigenvalue weighted by atomic mass is 19.1. The van der Waals surface area contributed by atoms with E-state index in [-0.39, 0.29) is 5.82 Å². The molecule has 2 heterocycles. The van der Waals surface area contributed by atoms with Crippen LogP contribution in [0.25, 0.3) is 33.7 Å². The summed E-state index contributed by atoms with van der Waals surface area (Å²) in [5.74, 6) is 0.349. The lowest BCUT2D eigenvalue weighted by Crippen LogP contribution is -1.97. The molecule has 0 amide bonds. The van der Waals surface area contributed by atoms with Crippen LogP contribution in [-0.2, 0) is 0 Å². The van der Waals surface area contributed by atoms with Gasteiger partial charge in [0.25, 0.3) is 0 Å². The fraction of sp³-hybridized carbons (Fsp3) is 0.0952. The minimum atomic E-state index is -0.220. The number of benzene rings is 2. The number of aryl methyl sites for hydroxylation is 2. The normalized spacial score (nSPS) is 11.0. The maximum Gasteiger partial charge on any atom is 0.179 e. The minimum Gasteiger partial charge on any atom is -0.250 e. The van der Waals surface area contributed by atoms with Gasteiger partial charge in [-0.3, -0.25) is 0 Å². The molecule has 122 valence electrons. The Bertz CT molecular complexity index is 1090. The van der Waals surface area contributed by atoms with Gasteiger partial charge in [-0.15, -0.1) is 0 Å². The Labute approximate surface area is 145 Å². The Morgan fingerprint density at radius 1 is 0.800 bits per heavy atom. The Kier molecular flexibility index (Phi) is 3.73. The molecule has 0 atom stereocenters. The first kappa shape index (κ1) is 15.4. The van der Waals surface area contributed by atoms with Crippen molar-refractivity contribution in [3.05, 3.63) is 77.7 Å². The predicted molar refractivity (Wildman–Crippen MR) is 97.6 cm³/mol. The monoisotopic (exact) mass is 329 g/mol. The molecule has 0 spiro atoms. The van der Waals surface area contributed by atoms with Crippen molar-refractivity contribution in [1.29, 1.82) is 0 Å². The largest absolute Gasteiger partial charge is 0.250 e. The van der Waals surface area contributed by atoms with E-state index in [0.717, 1.165) is 33.5 Å². The van der Waals surface area contributed by atoms with Crippen LogP contribution in [0.2, 0.25) is 0 Å². The van der Waals surface area contributed by atoms with E-state index in [9.17, 15) is 4.39 Å². The summed E-state index contributed by atoms with van der Waals surface area (Å²) >= 11 is 0. The highest BCUT2D eigenvalue weighted by molar-refractivity contribution is 5.93. The van der Waals surface area contributed by atoms with E-state index in [0.29, 0.717) is 11.4 Å². The van der Waals surface area contributed by atoms with E-state index in [1.54, 1.807) is 13.0 Å². The number of pyridine rings is 1. The van der Waals surface area contributed by atoms with Gasteiger partial charge in [0, 0.05) is 16.6 Å². The zero-order valence-corrected chi connectivity index (χ0v) is 14.0. The molecule has 4 aromatic rings. The minimum absolute atomic E-state index is 0.220. The first-order valence-electron chi connectivity index (χ1n) is 8.09. The molecule has 0 saturated heterocycles. The van der Waals surface area contributed by atoms with Gasteiger partial charge >= 0.3 is 0 Å². The van der Waals surface area contributed by atoms with Crippen LogP contribution in [0.3, 0.4) is 0 Å². The Balaban J connectivity index is 2.00. The summed E-state index contributed by atoms with van der Waals surface area (Å²) in [6.45, 7) is 3.69. The Hall–Kier alpha value is -3.14. The van der Waals surface area contributed by atoms with Gasteiger partial charge in [0.05, 0.1) is 11.2 Å². The summed E-state index contributed by atoms with van der Waals surface area (Å²) in [6.07, 6.45) is 0. The molecule has 2 aromatic heterocycles. The molecule has 0 bridgehead atoms. The number of hydrogen-bond acceptors (Lipinski definition) is 3. The van der Waals surface area contributed by atoms with Crippen LogP contribution in [0.4, 0.5) is 4.39 Å². The summed E-state index contributed by atoms with van der Waals surface area (Å²) in [5.41, 5.74) is 4.72. The van der Waals surface area contributed by atoms with E-state index in [1.165, 1.54) is 6.07 Å². The Morgan fingerprint density at radius 3 is 2.44 bits per heavy atom. The van der Waals surface area contributed by atoms with Gasteiger partial charge in [-0.1, -0.05) is 24.3 Å². The molecule has 4 heteroatoms. The first-order valence-corrected chi connectivity index (χ1v) is 8.09. The van der Waals surface area contributed by atoms with E-state index >= 15 is 0 Å². The number of fused-ring (bicyclic) bond motifs is 1. The highest BCUT2D eigenvalue weighted by Crippen LogP contribution is 2.29. The maximum atomic E-state index is 13.7. The third-order valence-corrected chi connectivity index (χ3v) is 4.15. The number of nitrogens with zero attached hydrogens (tertiary/aromatic N) is 3. The standard InChI is InChI=1S/C21H16FN3/c1-13-12-15(10-11-17(13)22)20-16-7-3-4-8-18(16)24-21(25-20)19-9-5-6-14(2)23-19/h3-12H,1-2H3. The van der Waals surface area contributed by atoms with Crippen molar-refractivity contribution >= 4 is 10.9 Å². The van der Waals surface area contributed by atoms with Crippen molar-refractivity contribution in [2.45, 2.75) is 13.8 Å². The van der Waals surface area contributed by atoms with Gasteiger partial charge in [-0.05, 0) is 55.8 Å². The molecule has 2 aromatic carbocycles. The quantitative estimate of drug-likeness (QED) is 0.512. The first-order chi connectivity index (χ1) is 12.1. The van der Waals surface area contributed by atoms with Gasteiger partial charge in [0.1, 0.15) is 11.5 Å². The lowest BCUT2D eigenvalue weighted by atomic mass is 10.0. The number of hydrogen-bond donors (Lipinski definition) is 0. The molecule has 0 unspecified atom stereocenters. The molecular weight excluding hydrogens is 313 g/mol. The highest BCUT2D eigenvalue weighted by Gasteiger charge is 2.13. The van der Waals surface area contributed by atoms with E-state index < -0.39 is 0 Å². The third-order valence-electron chi connectivity index (χ3n) is 4.15. The zero-order chi connectivity index (χ0) is 17.4. The summed E-state index contributed by atoms with van der Waals surface area (Å²) in [6, 6.07) is 18.7. The average molecular weight is 329 g/mol. The molecular formula is C21H16FN3. The fourth-order valence-electron chi connectivity index (χ4n) is 2.87. The van der Waals surface area contributed by atoms with Crippen molar-refractivity contribution in [1.82, 2.24) is 15.0 Å². The zero-order valence-electron chi connectivity index (χ0n) is 14.0. The predicted octanol–water partition coefficient (Wildman–Crippen LogP) is 5.11. The number of para-hydroxylation sites is 1. The fourth-order valence-corrected chi connectivity index (χ4v) is 2.87. The van der Waals surface area contributed by atoms with E-state index in [2.05, 4.69) is 9.97 Å². The number of aromatic nitrogens is 3. The average Bonchev–Trinajstić information content (AvgIpc) is 2.63. The van der Waals surface area contributed by atoms with E-state index in [1.807, 2.05) is 55.5 Å². The molecule has 0 radical (unpaired) electrons. The summed E-state index contributed by atoms with van der Waals surface area (Å²) in [7, 11) is 0. The van der Waals surface area contributed by atoms with Gasteiger partial charge in [-0.2, -0.15) is 0 Å². The van der Waals surface area contributed by atoms with Crippen LogP contribution < -0.4 is 0 Å². The summed E-state index contributed by atoms with van der Waals surface area (Å²) in [4.78, 5) is 14.0. The van der Waals surface area contributed by atoms with Gasteiger partial charge in [-0.25, -0.2) is 19.3 Å². The molecule has 0 aliphatic heterocycles. The van der Waals surface area contributed by atoms with Crippen molar-refractivity contribution < 1.29 is 4.39 Å². The van der Waals surface area contributed by atoms with Crippen LogP contribution in [0.15, 0.2) is 60.7 Å². The molecule has 0 saturated carbocycles. The lowest BCUT2D eigenvalue weighted by molar-refractivity contribution is 0.619. The molecule has 4 rings (SSSR count). The van der Waals surface area contributed by atoms with Crippen molar-refractivity contribution in [2.75, 3.05) is 0 Å². The second-order valence-electron chi connectivity index (χ2n) is 6.04. The molecule has 25 heavy (non-hydrogen) atoms. The second-order valence-corrected chi connectivity index (χ2v) is 6.04. The van der Waals surface area contributed by atoms with Gasteiger partial charge in [0.15, 0.2) is 5.82 Å². The Morgan fingerprint density at radius 2 is 1.64 bits per heavy atom. The molecule has 0 aliphatic carbocycles. The second kappa shape index (κ2) is 6.06. The molecule has 0 fully saturated rings. The maximum absolute atomic E-state index is 13.7. The van der Waals surface area contributed by atoms with Crippen molar-refractivity contribution in [2.24, 2.45) is 0 Å². The number of halogens is 1. The smallest absolute Gasteiger partial charge is 0.179 e. The SMILES string of the molecule is Cc1cccc(-c2nc(-c3ccc(F)c(C)c3)c3ccccc3n2)n1. The van der Waals surface area contributed by atoms with Crippen molar-refractivity contribution in [3.8, 4) is 22.8 Å². The van der Waals surface area contributed by atoms with E-state index in [4.69, 9.17) is 4.98 Å². The summed E-state index contributed by atoms with van der Waals surface area (Å²) < 4.78 is 13.7. The van der Waals surface area contributed by atoms with Crippen LogP contribution in [0.5, 0.6) is 0 Å². The topological polar surface area (TPSA) is 38.7 Å². The lowest BCUT2D eigenvalue weighted by Gasteiger charge is -2.10. The van der Waals surface area contributed by atoms with Crippen LogP contribution >= 0.6 is 0 Å². The van der Waals surface area contributed by atoms with Gasteiger partial charge < -0.3 is 0 Å². The number of rotatable bonds is 2. The molecule has 0 N–H and O–H groups in total. The van der Waals surface area contributed by atoms with Crippen molar-refractivity contribution in [3.63, 3.8) is 0 Å². The van der Waals surface area contributed by atoms with Gasteiger partial charge in [0.2, 0.25) is 0 Å². The molecule has 3 nitrogen and oxygen atoms in total. The summed E-state index contributed by atoms with van der Waals surface area (Å²) in [5, 5.41) is 0.935. The van der Waals surface area contributed by atoms with Crippen LogP contribution in [-0.4, -0.2) is 15.0 Å². The third kappa shape index (κ3) is 2.87. The van der Waals surface area contributed by atoms with Crippen LogP contribution in [0, 0.1) is 19.7 Å².